The van der Waals surface area contributed by atoms with Crippen LogP contribution in [0.5, 0.6) is 0 Å². The first-order valence-electron chi connectivity index (χ1n) is 9.95. The average molecular weight is 373 g/mol. The highest BCUT2D eigenvalue weighted by atomic mass is 16.6. The summed E-state index contributed by atoms with van der Waals surface area (Å²) in [6.07, 6.45) is 9.19. The number of benzene rings is 1. The number of ether oxygens (including phenoxy) is 2. The van der Waals surface area contributed by atoms with Gasteiger partial charge in [0.15, 0.2) is 0 Å². The van der Waals surface area contributed by atoms with Crippen LogP contribution in [0.15, 0.2) is 42.5 Å². The molecule has 2 rings (SSSR count). The number of rotatable bonds is 4. The van der Waals surface area contributed by atoms with Gasteiger partial charge in [0, 0.05) is 0 Å². The van der Waals surface area contributed by atoms with Crippen molar-refractivity contribution in [1.82, 2.24) is 0 Å². The van der Waals surface area contributed by atoms with Crippen LogP contribution in [0.1, 0.15) is 64.9 Å². The van der Waals surface area contributed by atoms with Crippen molar-refractivity contribution < 1.29 is 19.1 Å². The maximum atomic E-state index is 12.9. The number of allylic oxidation sites excluding steroid dienone is 2. The Morgan fingerprint density at radius 2 is 1.48 bits per heavy atom. The highest BCUT2D eigenvalue weighted by molar-refractivity contribution is 5.82. The third-order valence-corrected chi connectivity index (χ3v) is 4.66. The molecule has 1 aliphatic rings. The molecule has 2 atom stereocenters. The van der Waals surface area contributed by atoms with Gasteiger partial charge in [-0.2, -0.15) is 0 Å². The summed E-state index contributed by atoms with van der Waals surface area (Å²) in [7, 11) is 0. The van der Waals surface area contributed by atoms with Crippen molar-refractivity contribution in [3.05, 3.63) is 48.0 Å². The molecule has 27 heavy (non-hydrogen) atoms. The lowest BCUT2D eigenvalue weighted by Gasteiger charge is -2.28. The van der Waals surface area contributed by atoms with Gasteiger partial charge < -0.3 is 9.47 Å². The van der Waals surface area contributed by atoms with E-state index in [-0.39, 0.29) is 18.5 Å². The van der Waals surface area contributed by atoms with E-state index in [4.69, 9.17) is 9.47 Å². The zero-order valence-corrected chi connectivity index (χ0v) is 16.8. The van der Waals surface area contributed by atoms with Gasteiger partial charge in [-0.15, -0.1) is 0 Å². The summed E-state index contributed by atoms with van der Waals surface area (Å²) in [5, 5.41) is 0. The van der Waals surface area contributed by atoms with Crippen molar-refractivity contribution in [2.24, 2.45) is 11.8 Å². The molecule has 0 saturated heterocycles. The van der Waals surface area contributed by atoms with E-state index in [1.807, 2.05) is 51.1 Å². The van der Waals surface area contributed by atoms with Gasteiger partial charge in [0.2, 0.25) is 0 Å². The molecule has 0 fully saturated rings. The van der Waals surface area contributed by atoms with Crippen molar-refractivity contribution in [3.8, 4) is 0 Å². The van der Waals surface area contributed by atoms with E-state index < -0.39 is 17.4 Å². The van der Waals surface area contributed by atoms with Gasteiger partial charge in [-0.25, -0.2) is 0 Å². The van der Waals surface area contributed by atoms with Crippen molar-refractivity contribution in [2.45, 2.75) is 71.5 Å². The Morgan fingerprint density at radius 1 is 0.926 bits per heavy atom. The van der Waals surface area contributed by atoms with E-state index in [1.54, 1.807) is 0 Å². The molecular weight excluding hydrogens is 340 g/mol. The fourth-order valence-electron chi connectivity index (χ4n) is 3.33. The van der Waals surface area contributed by atoms with Crippen LogP contribution in [0.4, 0.5) is 0 Å². The molecule has 4 nitrogen and oxygen atoms in total. The second-order valence-corrected chi connectivity index (χ2v) is 8.17. The Bertz CT molecular complexity index is 628. The van der Waals surface area contributed by atoms with E-state index in [9.17, 15) is 9.59 Å². The number of hydrogen-bond acceptors (Lipinski definition) is 4. The Hall–Kier alpha value is -2.10. The smallest absolute Gasteiger partial charge is 0.310 e. The predicted molar refractivity (Wildman–Crippen MR) is 106 cm³/mol. The first-order valence-corrected chi connectivity index (χ1v) is 9.95. The summed E-state index contributed by atoms with van der Waals surface area (Å²) in [6.45, 7) is 5.81. The Kier molecular flexibility index (Phi) is 8.08. The van der Waals surface area contributed by atoms with Crippen molar-refractivity contribution in [1.29, 1.82) is 0 Å². The quantitative estimate of drug-likeness (QED) is 0.537. The lowest BCUT2D eigenvalue weighted by Crippen LogP contribution is -2.36. The Morgan fingerprint density at radius 3 is 2.04 bits per heavy atom. The zero-order chi connectivity index (χ0) is 19.7. The normalized spacial score (nSPS) is 22.5. The molecule has 2 unspecified atom stereocenters. The van der Waals surface area contributed by atoms with Crippen LogP contribution in [0, 0.1) is 11.8 Å². The highest BCUT2D eigenvalue weighted by Crippen LogP contribution is 2.29. The minimum absolute atomic E-state index is 0.233. The second-order valence-electron chi connectivity index (χ2n) is 8.17. The van der Waals surface area contributed by atoms with E-state index in [1.165, 1.54) is 0 Å². The van der Waals surface area contributed by atoms with E-state index in [2.05, 4.69) is 12.2 Å². The summed E-state index contributed by atoms with van der Waals surface area (Å²) in [4.78, 5) is 25.7. The summed E-state index contributed by atoms with van der Waals surface area (Å²) in [5.74, 6) is -1.47. The molecule has 0 spiro atoms. The largest absolute Gasteiger partial charge is 0.461 e. The number of carbonyl (C=O) groups is 2. The Balaban J connectivity index is 2.11. The summed E-state index contributed by atoms with van der Waals surface area (Å²) < 4.78 is 11.2. The topological polar surface area (TPSA) is 52.6 Å². The maximum absolute atomic E-state index is 12.9. The molecule has 0 aliphatic heterocycles. The van der Waals surface area contributed by atoms with Crippen LogP contribution in [-0.4, -0.2) is 17.5 Å². The van der Waals surface area contributed by atoms with Gasteiger partial charge in [-0.1, -0.05) is 42.5 Å². The molecule has 0 bridgehead atoms. The minimum atomic E-state index is -0.565. The van der Waals surface area contributed by atoms with Gasteiger partial charge in [0.05, 0.1) is 11.8 Å². The van der Waals surface area contributed by atoms with Gasteiger partial charge in [0.1, 0.15) is 12.2 Å². The molecule has 0 heterocycles. The first kappa shape index (κ1) is 21.2. The average Bonchev–Trinajstić information content (AvgIpc) is 2.63. The second kappa shape index (κ2) is 10.3. The molecule has 148 valence electrons. The molecule has 0 radical (unpaired) electrons. The highest BCUT2D eigenvalue weighted by Gasteiger charge is 2.37. The van der Waals surface area contributed by atoms with Crippen LogP contribution in [0.25, 0.3) is 0 Å². The fraction of sp³-hybridized carbons (Fsp3) is 0.565. The fourth-order valence-corrected chi connectivity index (χ4v) is 3.33. The molecular formula is C23H32O4. The van der Waals surface area contributed by atoms with Crippen molar-refractivity contribution in [2.75, 3.05) is 0 Å². The van der Waals surface area contributed by atoms with Crippen LogP contribution in [-0.2, 0) is 25.7 Å². The summed E-state index contributed by atoms with van der Waals surface area (Å²) in [5.41, 5.74) is 0.382. The number of hydrogen-bond donors (Lipinski definition) is 0. The molecule has 4 heteroatoms. The van der Waals surface area contributed by atoms with Crippen molar-refractivity contribution >= 4 is 11.9 Å². The molecule has 1 aromatic carbocycles. The lowest BCUT2D eigenvalue weighted by molar-refractivity contribution is -0.169. The van der Waals surface area contributed by atoms with Gasteiger partial charge in [0.25, 0.3) is 0 Å². The number of carbonyl (C=O) groups excluding carboxylic acids is 2. The monoisotopic (exact) mass is 372 g/mol. The number of esters is 2. The SMILES string of the molecule is CC(C)(C)OC(=O)C1CCC/C=C\CCCC1C(=O)OCc1ccccc1. The van der Waals surface area contributed by atoms with Gasteiger partial charge >= 0.3 is 11.9 Å². The molecule has 1 aliphatic carbocycles. The van der Waals surface area contributed by atoms with Gasteiger partial charge in [-0.3, -0.25) is 9.59 Å². The Labute approximate surface area is 162 Å². The van der Waals surface area contributed by atoms with Crippen LogP contribution in [0.2, 0.25) is 0 Å². The van der Waals surface area contributed by atoms with Gasteiger partial charge in [-0.05, 0) is 64.9 Å². The lowest BCUT2D eigenvalue weighted by atomic mass is 9.83. The molecule has 1 aromatic rings. The molecule has 0 amide bonds. The first-order chi connectivity index (χ1) is 12.9. The van der Waals surface area contributed by atoms with Crippen LogP contribution in [0.3, 0.4) is 0 Å². The van der Waals surface area contributed by atoms with Crippen LogP contribution >= 0.6 is 0 Å². The summed E-state index contributed by atoms with van der Waals surface area (Å²) >= 11 is 0. The van der Waals surface area contributed by atoms with E-state index >= 15 is 0 Å². The van der Waals surface area contributed by atoms with Crippen LogP contribution < -0.4 is 0 Å². The maximum Gasteiger partial charge on any atom is 0.310 e. The summed E-state index contributed by atoms with van der Waals surface area (Å²) in [6, 6.07) is 9.62. The third kappa shape index (κ3) is 7.58. The predicted octanol–water partition coefficient (Wildman–Crippen LogP) is 5.21. The minimum Gasteiger partial charge on any atom is -0.461 e. The molecule has 0 saturated carbocycles. The van der Waals surface area contributed by atoms with Crippen molar-refractivity contribution in [3.63, 3.8) is 0 Å². The standard InChI is InChI=1S/C23H32O4/c1-23(2,3)27-22(25)20-16-12-7-5-4-6-11-15-19(20)21(24)26-17-18-13-9-8-10-14-18/h4-5,8-10,13-14,19-20H,6-7,11-12,15-17H2,1-3H3/b5-4-. The zero-order valence-electron chi connectivity index (χ0n) is 16.8. The molecule has 0 aromatic heterocycles. The van der Waals surface area contributed by atoms with E-state index in [0.717, 1.165) is 31.2 Å². The third-order valence-electron chi connectivity index (χ3n) is 4.66. The molecule has 0 N–H and O–H groups in total. The van der Waals surface area contributed by atoms with E-state index in [0.29, 0.717) is 12.8 Å².